The van der Waals surface area contributed by atoms with Crippen LogP contribution in [0.15, 0.2) is 12.1 Å². The maximum Gasteiger partial charge on any atom is 0.144 e. The van der Waals surface area contributed by atoms with Crippen LogP contribution in [-0.4, -0.2) is 6.61 Å². The molecule has 0 radical (unpaired) electrons. The summed E-state index contributed by atoms with van der Waals surface area (Å²) < 4.78 is 5.53. The number of nitrogens with two attached hydrogens (primary N) is 1. The Labute approximate surface area is 92.9 Å². The molecule has 1 aromatic carbocycles. The van der Waals surface area contributed by atoms with Gasteiger partial charge < -0.3 is 10.5 Å². The van der Waals surface area contributed by atoms with Gasteiger partial charge in [0.2, 0.25) is 0 Å². The number of hydrogen-bond acceptors (Lipinski definition) is 2. The molecule has 1 aliphatic heterocycles. The van der Waals surface area contributed by atoms with E-state index in [9.17, 15) is 0 Å². The van der Waals surface area contributed by atoms with Crippen LogP contribution < -0.4 is 10.5 Å². The SMILES string of the molecule is NC1CCCOc2c1ccc(Cl)c2Cl. The lowest BCUT2D eigenvalue weighted by atomic mass is 10.0. The monoisotopic (exact) mass is 231 g/mol. The predicted octanol–water partition coefficient (Wildman–Crippen LogP) is 3.17. The minimum atomic E-state index is 0.00210. The van der Waals surface area contributed by atoms with E-state index < -0.39 is 0 Å². The van der Waals surface area contributed by atoms with Crippen LogP contribution in [0.4, 0.5) is 0 Å². The average molecular weight is 232 g/mol. The van der Waals surface area contributed by atoms with Crippen molar-refractivity contribution in [3.05, 3.63) is 27.7 Å². The first-order valence-electron chi connectivity index (χ1n) is 4.56. The van der Waals surface area contributed by atoms with Crippen molar-refractivity contribution in [3.8, 4) is 5.75 Å². The topological polar surface area (TPSA) is 35.2 Å². The van der Waals surface area contributed by atoms with Crippen molar-refractivity contribution in [2.24, 2.45) is 5.73 Å². The molecule has 0 spiro atoms. The molecule has 0 saturated heterocycles. The van der Waals surface area contributed by atoms with Crippen LogP contribution in [0, 0.1) is 0 Å². The zero-order valence-corrected chi connectivity index (χ0v) is 9.11. The molecule has 14 heavy (non-hydrogen) atoms. The highest BCUT2D eigenvalue weighted by atomic mass is 35.5. The molecule has 2 nitrogen and oxygen atoms in total. The Hall–Kier alpha value is -0.440. The van der Waals surface area contributed by atoms with E-state index in [1.54, 1.807) is 6.07 Å². The van der Waals surface area contributed by atoms with Crippen LogP contribution in [0.3, 0.4) is 0 Å². The van der Waals surface area contributed by atoms with Gasteiger partial charge in [-0.2, -0.15) is 0 Å². The van der Waals surface area contributed by atoms with Gasteiger partial charge in [0, 0.05) is 11.6 Å². The number of benzene rings is 1. The lowest BCUT2D eigenvalue weighted by molar-refractivity contribution is 0.316. The summed E-state index contributed by atoms with van der Waals surface area (Å²) in [5.74, 6) is 0.657. The number of ether oxygens (including phenoxy) is 1. The maximum absolute atomic E-state index is 6.04. The summed E-state index contributed by atoms with van der Waals surface area (Å²) >= 11 is 11.9. The summed E-state index contributed by atoms with van der Waals surface area (Å²) in [6.07, 6.45) is 1.87. The van der Waals surface area contributed by atoms with Crippen LogP contribution >= 0.6 is 23.2 Å². The van der Waals surface area contributed by atoms with Crippen molar-refractivity contribution in [1.29, 1.82) is 0 Å². The number of halogens is 2. The minimum Gasteiger partial charge on any atom is -0.492 e. The van der Waals surface area contributed by atoms with Crippen LogP contribution in [-0.2, 0) is 0 Å². The van der Waals surface area contributed by atoms with E-state index in [0.29, 0.717) is 22.4 Å². The van der Waals surface area contributed by atoms with Gasteiger partial charge in [-0.1, -0.05) is 29.3 Å². The molecule has 1 atom stereocenters. The smallest absolute Gasteiger partial charge is 0.144 e. The summed E-state index contributed by atoms with van der Waals surface area (Å²) in [5.41, 5.74) is 6.94. The summed E-state index contributed by atoms with van der Waals surface area (Å²) in [6.45, 7) is 0.654. The van der Waals surface area contributed by atoms with Crippen molar-refractivity contribution in [2.75, 3.05) is 6.61 Å². The average Bonchev–Trinajstić information content (AvgIpc) is 2.35. The van der Waals surface area contributed by atoms with Crippen molar-refractivity contribution in [1.82, 2.24) is 0 Å². The van der Waals surface area contributed by atoms with Crippen molar-refractivity contribution >= 4 is 23.2 Å². The van der Waals surface area contributed by atoms with E-state index in [1.165, 1.54) is 0 Å². The fourth-order valence-electron chi connectivity index (χ4n) is 1.62. The summed E-state index contributed by atoms with van der Waals surface area (Å²) in [7, 11) is 0. The van der Waals surface area contributed by atoms with Crippen molar-refractivity contribution in [2.45, 2.75) is 18.9 Å². The molecule has 76 valence electrons. The normalized spacial score (nSPS) is 20.9. The second-order valence-electron chi connectivity index (χ2n) is 3.38. The fraction of sp³-hybridized carbons (Fsp3) is 0.400. The number of rotatable bonds is 0. The molecular weight excluding hydrogens is 221 g/mol. The first-order valence-corrected chi connectivity index (χ1v) is 5.32. The molecule has 0 aromatic heterocycles. The molecule has 4 heteroatoms. The molecule has 0 saturated carbocycles. The molecule has 0 amide bonds. The highest BCUT2D eigenvalue weighted by Crippen LogP contribution is 2.39. The largest absolute Gasteiger partial charge is 0.492 e. The Balaban J connectivity index is 2.53. The molecule has 1 heterocycles. The Bertz CT molecular complexity index is 354. The van der Waals surface area contributed by atoms with E-state index in [2.05, 4.69) is 0 Å². The molecule has 0 aliphatic carbocycles. The number of hydrogen-bond donors (Lipinski definition) is 1. The first-order chi connectivity index (χ1) is 6.70. The predicted molar refractivity (Wildman–Crippen MR) is 58.1 cm³/mol. The molecule has 2 N–H and O–H groups in total. The lowest BCUT2D eigenvalue weighted by Crippen LogP contribution is -2.08. The fourth-order valence-corrected chi connectivity index (χ4v) is 1.99. The molecule has 0 bridgehead atoms. The zero-order valence-electron chi connectivity index (χ0n) is 7.59. The molecule has 0 fully saturated rings. The standard InChI is InChI=1S/C10H11Cl2NO/c11-7-4-3-6-8(13)2-1-5-14-10(6)9(7)12/h3-4,8H,1-2,5,13H2. The van der Waals surface area contributed by atoms with Gasteiger partial charge in [0.1, 0.15) is 10.8 Å². The van der Waals surface area contributed by atoms with Gasteiger partial charge in [-0.3, -0.25) is 0 Å². The second kappa shape index (κ2) is 3.97. The Morgan fingerprint density at radius 2 is 2.14 bits per heavy atom. The summed E-state index contributed by atoms with van der Waals surface area (Å²) in [4.78, 5) is 0. The quantitative estimate of drug-likeness (QED) is 0.745. The Kier molecular flexibility index (Phi) is 2.86. The maximum atomic E-state index is 6.04. The van der Waals surface area contributed by atoms with Crippen LogP contribution in [0.2, 0.25) is 10.0 Å². The lowest BCUT2D eigenvalue weighted by Gasteiger charge is -2.13. The van der Waals surface area contributed by atoms with E-state index in [-0.39, 0.29) is 6.04 Å². The van der Waals surface area contributed by atoms with E-state index in [4.69, 9.17) is 33.7 Å². The van der Waals surface area contributed by atoms with Gasteiger partial charge in [0.05, 0.1) is 11.6 Å². The zero-order chi connectivity index (χ0) is 10.1. The third-order valence-corrected chi connectivity index (χ3v) is 3.17. The molecule has 1 aliphatic rings. The minimum absolute atomic E-state index is 0.00210. The van der Waals surface area contributed by atoms with Gasteiger partial charge >= 0.3 is 0 Å². The third-order valence-electron chi connectivity index (χ3n) is 2.39. The van der Waals surface area contributed by atoms with Crippen LogP contribution in [0.25, 0.3) is 0 Å². The Morgan fingerprint density at radius 1 is 1.36 bits per heavy atom. The van der Waals surface area contributed by atoms with Gasteiger partial charge in [0.15, 0.2) is 0 Å². The van der Waals surface area contributed by atoms with Crippen molar-refractivity contribution in [3.63, 3.8) is 0 Å². The molecule has 1 aromatic rings. The van der Waals surface area contributed by atoms with E-state index >= 15 is 0 Å². The van der Waals surface area contributed by atoms with Gasteiger partial charge in [-0.25, -0.2) is 0 Å². The molecule has 1 unspecified atom stereocenters. The van der Waals surface area contributed by atoms with Gasteiger partial charge in [-0.05, 0) is 18.9 Å². The molecule has 2 rings (SSSR count). The molecular formula is C10H11Cl2NO. The van der Waals surface area contributed by atoms with E-state index in [0.717, 1.165) is 18.4 Å². The van der Waals surface area contributed by atoms with Crippen LogP contribution in [0.1, 0.15) is 24.4 Å². The third kappa shape index (κ3) is 1.70. The highest BCUT2D eigenvalue weighted by molar-refractivity contribution is 6.43. The van der Waals surface area contributed by atoms with Gasteiger partial charge in [0.25, 0.3) is 0 Å². The second-order valence-corrected chi connectivity index (χ2v) is 4.16. The summed E-state index contributed by atoms with van der Waals surface area (Å²) in [6, 6.07) is 3.65. The number of fused-ring (bicyclic) bond motifs is 1. The van der Waals surface area contributed by atoms with E-state index in [1.807, 2.05) is 6.07 Å². The van der Waals surface area contributed by atoms with Crippen molar-refractivity contribution < 1.29 is 4.74 Å². The first kappa shape index (κ1) is 10.1. The van der Waals surface area contributed by atoms with Gasteiger partial charge in [-0.15, -0.1) is 0 Å². The Morgan fingerprint density at radius 3 is 2.93 bits per heavy atom. The summed E-state index contributed by atoms with van der Waals surface area (Å²) in [5, 5.41) is 0.987. The highest BCUT2D eigenvalue weighted by Gasteiger charge is 2.20. The van der Waals surface area contributed by atoms with Crippen LogP contribution in [0.5, 0.6) is 5.75 Å².